The smallest absolute Gasteiger partial charge is 0.233 e. The van der Waals surface area contributed by atoms with E-state index >= 15 is 0 Å². The molecule has 5 nitrogen and oxygen atoms in total. The third-order valence-electron chi connectivity index (χ3n) is 1.75. The maximum atomic E-state index is 11.7. The van der Waals surface area contributed by atoms with Crippen LogP contribution in [-0.4, -0.2) is 27.9 Å². The zero-order chi connectivity index (χ0) is 12.1. The molecular weight excluding hydrogens is 244 g/mol. The van der Waals surface area contributed by atoms with E-state index < -0.39 is 0 Å². The lowest BCUT2D eigenvalue weighted by atomic mass is 10.2. The van der Waals surface area contributed by atoms with Crippen LogP contribution in [-0.2, 0) is 4.79 Å². The van der Waals surface area contributed by atoms with Crippen molar-refractivity contribution in [2.24, 2.45) is 5.92 Å². The highest BCUT2D eigenvalue weighted by atomic mass is 32.2. The molecule has 1 aromatic rings. The van der Waals surface area contributed by atoms with Crippen LogP contribution in [0.3, 0.4) is 0 Å². The second-order valence-electron chi connectivity index (χ2n) is 3.81. The first kappa shape index (κ1) is 13.2. The molecule has 1 amide bonds. The second kappa shape index (κ2) is 6.05. The number of hydrogen-bond donors (Lipinski definition) is 2. The Morgan fingerprint density at radius 1 is 1.50 bits per heavy atom. The first-order valence-electron chi connectivity index (χ1n) is 5.02. The minimum absolute atomic E-state index is 0.0208. The number of amides is 1. The van der Waals surface area contributed by atoms with Gasteiger partial charge in [-0.05, 0) is 12.8 Å². The summed E-state index contributed by atoms with van der Waals surface area (Å²) in [4.78, 5) is 11.7. The molecule has 0 unspecified atom stereocenters. The number of hydrogen-bond acceptors (Lipinski definition) is 6. The molecular formula is C9H16N4OS2. The number of nitrogens with two attached hydrogens (primary N) is 1. The highest BCUT2D eigenvalue weighted by Crippen LogP contribution is 2.27. The van der Waals surface area contributed by atoms with Crippen LogP contribution in [0.5, 0.6) is 0 Å². The van der Waals surface area contributed by atoms with Crippen LogP contribution in [0.25, 0.3) is 0 Å². The van der Waals surface area contributed by atoms with Crippen molar-refractivity contribution in [2.45, 2.75) is 30.4 Å². The van der Waals surface area contributed by atoms with Crippen molar-refractivity contribution in [1.29, 1.82) is 0 Å². The summed E-state index contributed by atoms with van der Waals surface area (Å²) in [5.41, 5.74) is 5.46. The van der Waals surface area contributed by atoms with E-state index in [2.05, 4.69) is 29.4 Å². The molecule has 90 valence electrons. The molecule has 0 bridgehead atoms. The normalized spacial score (nSPS) is 12.8. The number of carbonyl (C=O) groups excluding carboxylic acids is 1. The molecule has 16 heavy (non-hydrogen) atoms. The zero-order valence-corrected chi connectivity index (χ0v) is 11.2. The molecule has 1 aromatic heterocycles. The van der Waals surface area contributed by atoms with Gasteiger partial charge >= 0.3 is 0 Å². The molecule has 0 saturated heterocycles. The molecule has 0 saturated carbocycles. The number of aromatic nitrogens is 2. The van der Waals surface area contributed by atoms with Gasteiger partial charge in [-0.2, -0.15) is 0 Å². The molecule has 1 heterocycles. The van der Waals surface area contributed by atoms with E-state index in [1.807, 2.05) is 6.92 Å². The van der Waals surface area contributed by atoms with Crippen LogP contribution < -0.4 is 11.1 Å². The lowest BCUT2D eigenvalue weighted by Gasteiger charge is -2.11. The molecule has 0 radical (unpaired) electrons. The molecule has 0 spiro atoms. The van der Waals surface area contributed by atoms with Crippen molar-refractivity contribution in [2.75, 3.05) is 12.3 Å². The SMILES string of the molecule is CC(C)CNC(=O)[C@H](C)Sc1nnc(N)s1. The van der Waals surface area contributed by atoms with Gasteiger partial charge in [-0.25, -0.2) is 0 Å². The van der Waals surface area contributed by atoms with Gasteiger partial charge in [-0.15, -0.1) is 10.2 Å². The predicted molar refractivity (Wildman–Crippen MR) is 67.5 cm³/mol. The second-order valence-corrected chi connectivity index (χ2v) is 6.40. The summed E-state index contributed by atoms with van der Waals surface area (Å²) >= 11 is 2.67. The molecule has 0 aliphatic carbocycles. The Hall–Kier alpha value is -0.820. The lowest BCUT2D eigenvalue weighted by Crippen LogP contribution is -2.33. The van der Waals surface area contributed by atoms with E-state index in [9.17, 15) is 4.79 Å². The van der Waals surface area contributed by atoms with Gasteiger partial charge in [-0.3, -0.25) is 4.79 Å². The van der Waals surface area contributed by atoms with Crippen LogP contribution in [0.4, 0.5) is 5.13 Å². The van der Waals surface area contributed by atoms with Crippen molar-refractivity contribution < 1.29 is 4.79 Å². The van der Waals surface area contributed by atoms with E-state index in [4.69, 9.17) is 5.73 Å². The van der Waals surface area contributed by atoms with E-state index in [1.54, 1.807) is 0 Å². The highest BCUT2D eigenvalue weighted by molar-refractivity contribution is 8.02. The number of nitrogens with zero attached hydrogens (tertiary/aromatic N) is 2. The Balaban J connectivity index is 2.39. The zero-order valence-electron chi connectivity index (χ0n) is 9.56. The van der Waals surface area contributed by atoms with Gasteiger partial charge in [0, 0.05) is 6.54 Å². The third kappa shape index (κ3) is 4.36. The van der Waals surface area contributed by atoms with Crippen LogP contribution in [0.1, 0.15) is 20.8 Å². The summed E-state index contributed by atoms with van der Waals surface area (Å²) in [6.45, 7) is 6.66. The number of thioether (sulfide) groups is 1. The maximum absolute atomic E-state index is 11.7. The van der Waals surface area contributed by atoms with Crippen molar-refractivity contribution in [3.05, 3.63) is 0 Å². The number of anilines is 1. The minimum atomic E-state index is -0.175. The molecule has 0 aromatic carbocycles. The fourth-order valence-electron chi connectivity index (χ4n) is 0.921. The Kier molecular flexibility index (Phi) is 5.01. The average molecular weight is 260 g/mol. The van der Waals surface area contributed by atoms with E-state index in [0.29, 0.717) is 17.6 Å². The Morgan fingerprint density at radius 3 is 2.69 bits per heavy atom. The fourth-order valence-corrected chi connectivity index (χ4v) is 2.73. The summed E-state index contributed by atoms with van der Waals surface area (Å²) in [5, 5.41) is 10.7. The number of rotatable bonds is 5. The summed E-state index contributed by atoms with van der Waals surface area (Å²) in [7, 11) is 0. The Labute approximate surface area is 103 Å². The molecule has 3 N–H and O–H groups in total. The number of nitrogen functional groups attached to an aromatic ring is 1. The van der Waals surface area contributed by atoms with E-state index in [-0.39, 0.29) is 11.2 Å². The Bertz CT molecular complexity index is 353. The standard InChI is InChI=1S/C9H16N4OS2/c1-5(2)4-11-7(14)6(3)15-9-13-12-8(10)16-9/h5-6H,4H2,1-3H3,(H2,10,12)(H,11,14)/t6-/m0/s1. The van der Waals surface area contributed by atoms with Gasteiger partial charge in [0.2, 0.25) is 11.0 Å². The molecule has 0 fully saturated rings. The van der Waals surface area contributed by atoms with E-state index in [0.717, 1.165) is 4.34 Å². The molecule has 0 aliphatic rings. The fraction of sp³-hybridized carbons (Fsp3) is 0.667. The minimum Gasteiger partial charge on any atom is -0.374 e. The van der Waals surface area contributed by atoms with Crippen LogP contribution in [0.2, 0.25) is 0 Å². The summed E-state index contributed by atoms with van der Waals surface area (Å²) < 4.78 is 0.727. The van der Waals surface area contributed by atoms with Crippen molar-refractivity contribution in [3.63, 3.8) is 0 Å². The Morgan fingerprint density at radius 2 is 2.19 bits per heavy atom. The third-order valence-corrected chi connectivity index (χ3v) is 3.69. The molecule has 1 rings (SSSR count). The summed E-state index contributed by atoms with van der Waals surface area (Å²) in [5.74, 6) is 0.478. The first-order chi connectivity index (χ1) is 7.49. The largest absolute Gasteiger partial charge is 0.374 e. The summed E-state index contributed by atoms with van der Waals surface area (Å²) in [6.07, 6.45) is 0. The van der Waals surface area contributed by atoms with Crippen molar-refractivity contribution >= 4 is 34.1 Å². The highest BCUT2D eigenvalue weighted by Gasteiger charge is 2.16. The van der Waals surface area contributed by atoms with Gasteiger partial charge in [0.05, 0.1) is 5.25 Å². The van der Waals surface area contributed by atoms with Crippen LogP contribution in [0.15, 0.2) is 4.34 Å². The van der Waals surface area contributed by atoms with Gasteiger partial charge in [-0.1, -0.05) is 36.9 Å². The monoisotopic (exact) mass is 260 g/mol. The average Bonchev–Trinajstić information content (AvgIpc) is 2.60. The van der Waals surface area contributed by atoms with Gasteiger partial charge in [0.25, 0.3) is 0 Å². The van der Waals surface area contributed by atoms with Crippen molar-refractivity contribution in [3.8, 4) is 0 Å². The van der Waals surface area contributed by atoms with Crippen LogP contribution in [0, 0.1) is 5.92 Å². The number of nitrogens with one attached hydrogen (secondary N) is 1. The topological polar surface area (TPSA) is 80.9 Å². The van der Waals surface area contributed by atoms with Gasteiger partial charge in [0.1, 0.15) is 0 Å². The summed E-state index contributed by atoms with van der Waals surface area (Å²) in [6, 6.07) is 0. The van der Waals surface area contributed by atoms with Gasteiger partial charge < -0.3 is 11.1 Å². The lowest BCUT2D eigenvalue weighted by molar-refractivity contribution is -0.120. The first-order valence-corrected chi connectivity index (χ1v) is 6.72. The predicted octanol–water partition coefficient (Wildman–Crippen LogP) is 1.37. The maximum Gasteiger partial charge on any atom is 0.233 e. The van der Waals surface area contributed by atoms with Crippen LogP contribution >= 0.6 is 23.1 Å². The molecule has 0 aliphatic heterocycles. The van der Waals surface area contributed by atoms with Crippen molar-refractivity contribution in [1.82, 2.24) is 15.5 Å². The molecule has 1 atom stereocenters. The van der Waals surface area contributed by atoms with E-state index in [1.165, 1.54) is 23.1 Å². The van der Waals surface area contributed by atoms with Gasteiger partial charge in [0.15, 0.2) is 4.34 Å². The quantitative estimate of drug-likeness (QED) is 0.782. The molecule has 7 heteroatoms. The number of carbonyl (C=O) groups is 1.